The van der Waals surface area contributed by atoms with E-state index in [0.29, 0.717) is 0 Å². The molecular formula is C15H33N3O. The first-order valence-corrected chi connectivity index (χ1v) is 7.59. The van der Waals surface area contributed by atoms with Crippen molar-refractivity contribution in [2.45, 2.75) is 58.9 Å². The fourth-order valence-electron chi connectivity index (χ4n) is 2.30. The third-order valence-electron chi connectivity index (χ3n) is 3.90. The summed E-state index contributed by atoms with van der Waals surface area (Å²) in [7, 11) is 2.17. The zero-order valence-corrected chi connectivity index (χ0v) is 13.5. The standard InChI is InChI=1S/C15H33N3O/c1-6-13(3)12-18(5)11-9-8-10-15(4,14(16)19)17-7-2/h13,17H,6-12H2,1-5H3,(H2,16,19). The molecule has 2 unspecified atom stereocenters. The molecule has 0 rings (SSSR count). The fourth-order valence-corrected chi connectivity index (χ4v) is 2.30. The number of nitrogens with two attached hydrogens (primary N) is 1. The maximum absolute atomic E-state index is 11.5. The van der Waals surface area contributed by atoms with Crippen LogP contribution in [0.25, 0.3) is 0 Å². The highest BCUT2D eigenvalue weighted by Gasteiger charge is 2.28. The van der Waals surface area contributed by atoms with E-state index in [1.54, 1.807) is 0 Å². The highest BCUT2D eigenvalue weighted by Crippen LogP contribution is 2.14. The van der Waals surface area contributed by atoms with Gasteiger partial charge in [-0.25, -0.2) is 0 Å². The lowest BCUT2D eigenvalue weighted by atomic mass is 9.94. The molecule has 0 bridgehead atoms. The van der Waals surface area contributed by atoms with Crippen LogP contribution >= 0.6 is 0 Å². The number of nitrogens with one attached hydrogen (secondary N) is 1. The minimum absolute atomic E-state index is 0.248. The molecular weight excluding hydrogens is 238 g/mol. The van der Waals surface area contributed by atoms with Gasteiger partial charge >= 0.3 is 0 Å². The lowest BCUT2D eigenvalue weighted by Crippen LogP contribution is -2.53. The number of carbonyl (C=O) groups is 1. The van der Waals surface area contributed by atoms with Crippen molar-refractivity contribution in [2.75, 3.05) is 26.7 Å². The second kappa shape index (κ2) is 9.32. The Morgan fingerprint density at radius 2 is 2.00 bits per heavy atom. The van der Waals surface area contributed by atoms with Crippen LogP contribution in [0.4, 0.5) is 0 Å². The van der Waals surface area contributed by atoms with Gasteiger partial charge in [0, 0.05) is 6.54 Å². The molecule has 3 N–H and O–H groups in total. The third kappa shape index (κ3) is 7.53. The van der Waals surface area contributed by atoms with Crippen molar-refractivity contribution in [2.24, 2.45) is 11.7 Å². The Balaban J connectivity index is 3.92. The first-order valence-electron chi connectivity index (χ1n) is 7.59. The van der Waals surface area contributed by atoms with Gasteiger partial charge in [-0.3, -0.25) is 4.79 Å². The van der Waals surface area contributed by atoms with Gasteiger partial charge in [0.15, 0.2) is 0 Å². The normalized spacial score (nSPS) is 16.3. The first-order chi connectivity index (χ1) is 8.85. The summed E-state index contributed by atoms with van der Waals surface area (Å²) in [6.45, 7) is 11.4. The van der Waals surface area contributed by atoms with Crippen molar-refractivity contribution in [1.29, 1.82) is 0 Å². The van der Waals surface area contributed by atoms with Crippen molar-refractivity contribution in [1.82, 2.24) is 10.2 Å². The quantitative estimate of drug-likeness (QED) is 0.565. The number of primary amides is 1. The monoisotopic (exact) mass is 271 g/mol. The molecule has 0 aliphatic heterocycles. The average Bonchev–Trinajstić information content (AvgIpc) is 2.34. The van der Waals surface area contributed by atoms with Crippen LogP contribution in [0.3, 0.4) is 0 Å². The predicted octanol–water partition coefficient (Wildman–Crippen LogP) is 1.99. The molecule has 0 aromatic carbocycles. The Hall–Kier alpha value is -0.610. The molecule has 0 radical (unpaired) electrons. The van der Waals surface area contributed by atoms with E-state index in [0.717, 1.165) is 44.8 Å². The zero-order valence-electron chi connectivity index (χ0n) is 13.5. The summed E-state index contributed by atoms with van der Waals surface area (Å²) in [5.74, 6) is 0.505. The minimum Gasteiger partial charge on any atom is -0.368 e. The van der Waals surface area contributed by atoms with Gasteiger partial charge in [0.25, 0.3) is 0 Å². The molecule has 0 saturated carbocycles. The van der Waals surface area contributed by atoms with E-state index >= 15 is 0 Å². The number of unbranched alkanes of at least 4 members (excludes halogenated alkanes) is 1. The third-order valence-corrected chi connectivity index (χ3v) is 3.90. The van der Waals surface area contributed by atoms with Crippen molar-refractivity contribution in [3.05, 3.63) is 0 Å². The van der Waals surface area contributed by atoms with Crippen molar-refractivity contribution in [3.63, 3.8) is 0 Å². The van der Waals surface area contributed by atoms with Gasteiger partial charge in [-0.1, -0.05) is 27.2 Å². The minimum atomic E-state index is -0.552. The molecule has 0 aromatic heterocycles. The van der Waals surface area contributed by atoms with Gasteiger partial charge in [0.05, 0.1) is 5.54 Å². The van der Waals surface area contributed by atoms with Gasteiger partial charge in [0.1, 0.15) is 0 Å². The molecule has 0 spiro atoms. The number of amides is 1. The summed E-state index contributed by atoms with van der Waals surface area (Å²) in [6, 6.07) is 0. The number of nitrogens with zero attached hydrogens (tertiary/aromatic N) is 1. The Kier molecular flexibility index (Phi) is 9.02. The van der Waals surface area contributed by atoms with E-state index in [4.69, 9.17) is 5.73 Å². The van der Waals surface area contributed by atoms with E-state index in [1.165, 1.54) is 6.42 Å². The summed E-state index contributed by atoms with van der Waals surface area (Å²) >= 11 is 0. The second-order valence-corrected chi connectivity index (χ2v) is 5.96. The van der Waals surface area contributed by atoms with Crippen molar-refractivity contribution >= 4 is 5.91 Å². The molecule has 0 saturated heterocycles. The number of likely N-dealkylation sites (N-methyl/N-ethyl adjacent to an activating group) is 1. The predicted molar refractivity (Wildman–Crippen MR) is 82.1 cm³/mol. The van der Waals surface area contributed by atoms with Crippen LogP contribution in [0.15, 0.2) is 0 Å². The molecule has 4 heteroatoms. The zero-order chi connectivity index (χ0) is 14.9. The Morgan fingerprint density at radius 1 is 1.37 bits per heavy atom. The van der Waals surface area contributed by atoms with Gasteiger partial charge in [-0.2, -0.15) is 0 Å². The molecule has 4 nitrogen and oxygen atoms in total. The van der Waals surface area contributed by atoms with Crippen LogP contribution in [0.5, 0.6) is 0 Å². The highest BCUT2D eigenvalue weighted by molar-refractivity contribution is 5.84. The maximum Gasteiger partial charge on any atom is 0.237 e. The van der Waals surface area contributed by atoms with Crippen LogP contribution in [0.1, 0.15) is 53.4 Å². The van der Waals surface area contributed by atoms with Gasteiger partial charge in [-0.05, 0) is 52.2 Å². The van der Waals surface area contributed by atoms with Crippen LogP contribution in [-0.2, 0) is 4.79 Å². The molecule has 114 valence electrons. The highest BCUT2D eigenvalue weighted by atomic mass is 16.1. The largest absolute Gasteiger partial charge is 0.368 e. The SMILES string of the molecule is CCNC(C)(CCCCN(C)CC(C)CC)C(N)=O. The van der Waals surface area contributed by atoms with E-state index in [9.17, 15) is 4.79 Å². The summed E-state index contributed by atoms with van der Waals surface area (Å²) in [4.78, 5) is 13.9. The summed E-state index contributed by atoms with van der Waals surface area (Å²) < 4.78 is 0. The van der Waals surface area contributed by atoms with Crippen LogP contribution in [-0.4, -0.2) is 43.0 Å². The molecule has 0 aromatic rings. The Labute approximate surface area is 119 Å². The van der Waals surface area contributed by atoms with Gasteiger partial charge in [0.2, 0.25) is 5.91 Å². The number of carbonyl (C=O) groups excluding carboxylic acids is 1. The molecule has 0 aliphatic carbocycles. The van der Waals surface area contributed by atoms with Crippen LogP contribution < -0.4 is 11.1 Å². The molecule has 19 heavy (non-hydrogen) atoms. The van der Waals surface area contributed by atoms with Crippen molar-refractivity contribution < 1.29 is 4.79 Å². The summed E-state index contributed by atoms with van der Waals surface area (Å²) in [5, 5.41) is 3.20. The van der Waals surface area contributed by atoms with Crippen LogP contribution in [0.2, 0.25) is 0 Å². The molecule has 0 fully saturated rings. The van der Waals surface area contributed by atoms with Gasteiger partial charge in [-0.15, -0.1) is 0 Å². The topological polar surface area (TPSA) is 58.4 Å². The first kappa shape index (κ1) is 18.4. The van der Waals surface area contributed by atoms with Gasteiger partial charge < -0.3 is 16.0 Å². The lowest BCUT2D eigenvalue weighted by Gasteiger charge is -2.27. The van der Waals surface area contributed by atoms with E-state index in [-0.39, 0.29) is 5.91 Å². The van der Waals surface area contributed by atoms with E-state index < -0.39 is 5.54 Å². The summed E-state index contributed by atoms with van der Waals surface area (Å²) in [6.07, 6.45) is 4.18. The Bertz CT molecular complexity index is 258. The second-order valence-electron chi connectivity index (χ2n) is 5.96. The maximum atomic E-state index is 11.5. The molecule has 0 heterocycles. The van der Waals surface area contributed by atoms with Crippen molar-refractivity contribution in [3.8, 4) is 0 Å². The average molecular weight is 271 g/mol. The summed E-state index contributed by atoms with van der Waals surface area (Å²) in [5.41, 5.74) is 4.92. The molecule has 1 amide bonds. The molecule has 0 aliphatic rings. The molecule has 2 atom stereocenters. The number of hydrogen-bond donors (Lipinski definition) is 2. The van der Waals surface area contributed by atoms with E-state index in [2.05, 4.69) is 31.1 Å². The smallest absolute Gasteiger partial charge is 0.237 e. The van der Waals surface area contributed by atoms with E-state index in [1.807, 2.05) is 13.8 Å². The lowest BCUT2D eigenvalue weighted by molar-refractivity contribution is -0.124. The number of hydrogen-bond acceptors (Lipinski definition) is 3. The Morgan fingerprint density at radius 3 is 2.47 bits per heavy atom. The number of rotatable bonds is 11. The van der Waals surface area contributed by atoms with Crippen LogP contribution in [0, 0.1) is 5.92 Å². The fraction of sp³-hybridized carbons (Fsp3) is 0.933.